The fourth-order valence-electron chi connectivity index (χ4n) is 1.93. The van der Waals surface area contributed by atoms with Crippen molar-refractivity contribution in [2.45, 2.75) is 52.4 Å². The normalized spacial score (nSPS) is 23.4. The molecule has 0 unspecified atom stereocenters. The quantitative estimate of drug-likeness (QED) is 0.586. The van der Waals surface area contributed by atoms with Gasteiger partial charge in [0.15, 0.2) is 0 Å². The van der Waals surface area contributed by atoms with Gasteiger partial charge >= 0.3 is 0 Å². The summed E-state index contributed by atoms with van der Waals surface area (Å²) in [7, 11) is 1.00. The Balaban J connectivity index is 0.000000461. The van der Waals surface area contributed by atoms with Crippen LogP contribution in [0, 0.1) is 5.41 Å². The second kappa shape index (κ2) is 4.82. The van der Waals surface area contributed by atoms with E-state index in [1.54, 1.807) is 11.1 Å². The van der Waals surface area contributed by atoms with Crippen LogP contribution in [0.15, 0.2) is 16.9 Å². The zero-order valence-electron chi connectivity index (χ0n) is 9.69. The van der Waals surface area contributed by atoms with E-state index in [2.05, 4.69) is 19.6 Å². The topological polar surface area (TPSA) is 20.2 Å². The average molecular weight is 194 g/mol. The van der Waals surface area contributed by atoms with E-state index in [4.69, 9.17) is 5.11 Å². The highest BCUT2D eigenvalue weighted by molar-refractivity contribution is 5.30. The molecule has 0 aromatic rings. The molecule has 2 fully saturated rings. The second-order valence-electron chi connectivity index (χ2n) is 4.83. The highest BCUT2D eigenvalue weighted by Gasteiger charge is 2.39. The first-order valence-electron chi connectivity index (χ1n) is 5.61. The van der Waals surface area contributed by atoms with E-state index >= 15 is 0 Å². The minimum Gasteiger partial charge on any atom is -0.400 e. The predicted molar refractivity (Wildman–Crippen MR) is 60.2 cm³/mol. The van der Waals surface area contributed by atoms with Gasteiger partial charge in [0.25, 0.3) is 0 Å². The monoisotopic (exact) mass is 194 g/mol. The van der Waals surface area contributed by atoms with Crippen LogP contribution in [-0.4, -0.2) is 12.2 Å². The van der Waals surface area contributed by atoms with Crippen molar-refractivity contribution in [3.63, 3.8) is 0 Å². The maximum atomic E-state index is 7.00. The Bertz CT molecular complexity index is 246. The van der Waals surface area contributed by atoms with Crippen molar-refractivity contribution in [2.24, 2.45) is 5.41 Å². The molecule has 80 valence electrons. The first kappa shape index (κ1) is 11.6. The van der Waals surface area contributed by atoms with Crippen LogP contribution >= 0.6 is 0 Å². The third kappa shape index (κ3) is 3.01. The summed E-state index contributed by atoms with van der Waals surface area (Å²) in [6.45, 7) is 4.64. The van der Waals surface area contributed by atoms with Crippen molar-refractivity contribution < 1.29 is 5.11 Å². The maximum absolute atomic E-state index is 7.00. The highest BCUT2D eigenvalue weighted by Crippen LogP contribution is 2.50. The molecular weight excluding hydrogens is 172 g/mol. The van der Waals surface area contributed by atoms with Crippen LogP contribution < -0.4 is 0 Å². The van der Waals surface area contributed by atoms with E-state index in [0.29, 0.717) is 5.41 Å². The van der Waals surface area contributed by atoms with Gasteiger partial charge in [0.05, 0.1) is 0 Å². The molecule has 0 aromatic carbocycles. The van der Waals surface area contributed by atoms with Crippen LogP contribution in [-0.2, 0) is 0 Å². The lowest BCUT2D eigenvalue weighted by molar-refractivity contribution is 0.399. The summed E-state index contributed by atoms with van der Waals surface area (Å²) in [6, 6.07) is 0. The minimum absolute atomic E-state index is 0.504. The van der Waals surface area contributed by atoms with E-state index in [-0.39, 0.29) is 0 Å². The third-order valence-corrected chi connectivity index (χ3v) is 3.10. The van der Waals surface area contributed by atoms with Crippen LogP contribution in [0.1, 0.15) is 52.4 Å². The molecule has 0 heterocycles. The van der Waals surface area contributed by atoms with E-state index in [1.165, 1.54) is 38.5 Å². The molecule has 1 nitrogen and oxygen atoms in total. The zero-order chi connectivity index (χ0) is 10.6. The largest absolute Gasteiger partial charge is 0.400 e. The average Bonchev–Trinajstić information content (AvgIpc) is 2.79. The molecule has 2 saturated carbocycles. The molecule has 0 atom stereocenters. The molecule has 0 spiro atoms. The fraction of sp³-hybridized carbons (Fsp3) is 0.769. The molecule has 0 amide bonds. The maximum Gasteiger partial charge on any atom is 0.0319 e. The Kier molecular flexibility index (Phi) is 3.97. The smallest absolute Gasteiger partial charge is 0.0319 e. The molecule has 2 aliphatic carbocycles. The van der Waals surface area contributed by atoms with Crippen molar-refractivity contribution in [1.82, 2.24) is 0 Å². The lowest BCUT2D eigenvalue weighted by Crippen LogP contribution is -1.91. The van der Waals surface area contributed by atoms with Crippen LogP contribution in [0.3, 0.4) is 0 Å². The molecular formula is C13H22O. The summed E-state index contributed by atoms with van der Waals surface area (Å²) < 4.78 is 0. The lowest BCUT2D eigenvalue weighted by atomic mass is 9.95. The van der Waals surface area contributed by atoms with E-state index in [1.807, 2.05) is 0 Å². The van der Waals surface area contributed by atoms with Gasteiger partial charge in [0, 0.05) is 7.11 Å². The summed E-state index contributed by atoms with van der Waals surface area (Å²) in [6.07, 6.45) is 8.16. The molecule has 14 heavy (non-hydrogen) atoms. The standard InChI is InChI=1S/C12H18.CH4O/c1-12(2)9-11(12)8-10-6-4-3-5-7-10;1-2/h3-7,9H2,1-2H3;2H,1H3. The van der Waals surface area contributed by atoms with Crippen molar-refractivity contribution in [3.8, 4) is 0 Å². The Hall–Kier alpha value is -0.520. The Morgan fingerprint density at radius 1 is 1.07 bits per heavy atom. The van der Waals surface area contributed by atoms with Crippen molar-refractivity contribution in [2.75, 3.05) is 7.11 Å². The minimum atomic E-state index is 0.504. The van der Waals surface area contributed by atoms with Crippen LogP contribution in [0.5, 0.6) is 0 Å². The Morgan fingerprint density at radius 2 is 1.57 bits per heavy atom. The molecule has 0 bridgehead atoms. The number of aliphatic hydroxyl groups excluding tert-OH is 1. The molecule has 1 heteroatoms. The molecule has 2 rings (SSSR count). The van der Waals surface area contributed by atoms with Gasteiger partial charge in [-0.3, -0.25) is 0 Å². The predicted octanol–water partition coefficient (Wildman–Crippen LogP) is 3.44. The number of hydrogen-bond donors (Lipinski definition) is 1. The third-order valence-electron chi connectivity index (χ3n) is 3.10. The molecule has 2 aliphatic rings. The Morgan fingerprint density at radius 3 is 2.00 bits per heavy atom. The molecule has 0 aromatic heterocycles. The first-order valence-corrected chi connectivity index (χ1v) is 5.61. The molecule has 1 N–H and O–H groups in total. The summed E-state index contributed by atoms with van der Waals surface area (Å²) in [5.41, 5.74) is 7.29. The van der Waals surface area contributed by atoms with Crippen LogP contribution in [0.25, 0.3) is 0 Å². The van der Waals surface area contributed by atoms with Crippen molar-refractivity contribution >= 4 is 0 Å². The van der Waals surface area contributed by atoms with E-state index in [9.17, 15) is 0 Å². The number of aliphatic hydroxyl groups is 1. The number of rotatable bonds is 0. The summed E-state index contributed by atoms with van der Waals surface area (Å²) >= 11 is 0. The lowest BCUT2D eigenvalue weighted by Gasteiger charge is -2.10. The summed E-state index contributed by atoms with van der Waals surface area (Å²) in [4.78, 5) is 0. The first-order chi connectivity index (χ1) is 6.68. The Labute approximate surface area is 87.5 Å². The zero-order valence-corrected chi connectivity index (χ0v) is 9.69. The van der Waals surface area contributed by atoms with E-state index < -0.39 is 0 Å². The van der Waals surface area contributed by atoms with Gasteiger partial charge in [-0.05, 0) is 48.7 Å². The summed E-state index contributed by atoms with van der Waals surface area (Å²) in [5.74, 6) is 0. The molecule has 0 aliphatic heterocycles. The fourth-order valence-corrected chi connectivity index (χ4v) is 1.93. The van der Waals surface area contributed by atoms with E-state index in [0.717, 1.165) is 7.11 Å². The van der Waals surface area contributed by atoms with Gasteiger partial charge in [-0.1, -0.05) is 20.3 Å². The van der Waals surface area contributed by atoms with Gasteiger partial charge in [0.2, 0.25) is 0 Å². The highest BCUT2D eigenvalue weighted by atomic mass is 16.2. The number of hydrogen-bond acceptors (Lipinski definition) is 1. The second-order valence-corrected chi connectivity index (χ2v) is 4.83. The van der Waals surface area contributed by atoms with Gasteiger partial charge in [-0.25, -0.2) is 0 Å². The van der Waals surface area contributed by atoms with Gasteiger partial charge in [-0.2, -0.15) is 0 Å². The summed E-state index contributed by atoms with van der Waals surface area (Å²) in [5, 5.41) is 7.00. The van der Waals surface area contributed by atoms with Gasteiger partial charge in [-0.15, -0.1) is 5.73 Å². The van der Waals surface area contributed by atoms with Crippen LogP contribution in [0.2, 0.25) is 0 Å². The van der Waals surface area contributed by atoms with Crippen molar-refractivity contribution in [3.05, 3.63) is 16.9 Å². The molecule has 0 radical (unpaired) electrons. The SMILES string of the molecule is CC1(C)CC1=C=C1CCCCC1.CO. The van der Waals surface area contributed by atoms with Crippen molar-refractivity contribution in [1.29, 1.82) is 0 Å². The molecule has 0 saturated heterocycles. The van der Waals surface area contributed by atoms with Gasteiger partial charge in [0.1, 0.15) is 0 Å². The van der Waals surface area contributed by atoms with Crippen LogP contribution in [0.4, 0.5) is 0 Å². The van der Waals surface area contributed by atoms with Gasteiger partial charge < -0.3 is 5.11 Å². The number of allylic oxidation sites excluding steroid dienone is 1.